The van der Waals surface area contributed by atoms with Crippen LogP contribution in [0.15, 0.2) is 0 Å². The Hall–Kier alpha value is -0.120. The van der Waals surface area contributed by atoms with Gasteiger partial charge in [-0.05, 0) is 44.9 Å². The number of aliphatic hydroxyl groups is 1. The first-order valence-corrected chi connectivity index (χ1v) is 6.47. The average molecular weight is 229 g/mol. The molecule has 1 rings (SSSR count). The van der Waals surface area contributed by atoms with Gasteiger partial charge in [0.2, 0.25) is 0 Å². The number of rotatable bonds is 6. The summed E-state index contributed by atoms with van der Waals surface area (Å²) in [7, 11) is 1.72. The van der Waals surface area contributed by atoms with Crippen molar-refractivity contribution in [1.29, 1.82) is 0 Å². The first-order chi connectivity index (χ1) is 7.59. The lowest BCUT2D eigenvalue weighted by molar-refractivity contribution is 0.0832. The monoisotopic (exact) mass is 229 g/mol. The highest BCUT2D eigenvalue weighted by Crippen LogP contribution is 2.25. The van der Waals surface area contributed by atoms with Crippen LogP contribution in [0.25, 0.3) is 0 Å². The molecule has 3 nitrogen and oxygen atoms in total. The molecular formula is C13H27NO2. The van der Waals surface area contributed by atoms with Gasteiger partial charge in [0.05, 0.1) is 6.61 Å². The highest BCUT2D eigenvalue weighted by atomic mass is 16.5. The molecule has 0 heterocycles. The van der Waals surface area contributed by atoms with Crippen LogP contribution < -0.4 is 5.32 Å². The van der Waals surface area contributed by atoms with Crippen molar-refractivity contribution in [3.8, 4) is 0 Å². The van der Waals surface area contributed by atoms with Gasteiger partial charge in [0.1, 0.15) is 0 Å². The van der Waals surface area contributed by atoms with Crippen molar-refractivity contribution >= 4 is 0 Å². The zero-order valence-electron chi connectivity index (χ0n) is 11.0. The Labute approximate surface area is 99.6 Å². The molecule has 0 aromatic rings. The molecule has 0 radical (unpaired) electrons. The van der Waals surface area contributed by atoms with Crippen LogP contribution in [0.5, 0.6) is 0 Å². The molecular weight excluding hydrogens is 202 g/mol. The highest BCUT2D eigenvalue weighted by Gasteiger charge is 2.28. The van der Waals surface area contributed by atoms with Crippen molar-refractivity contribution in [2.45, 2.75) is 57.5 Å². The molecule has 0 spiro atoms. The quantitative estimate of drug-likeness (QED) is 0.731. The SMILES string of the molecule is COCC(C)(CCO)NC1CCC(C)CC1. The third-order valence-electron chi connectivity index (χ3n) is 3.69. The fourth-order valence-electron chi connectivity index (χ4n) is 2.65. The minimum Gasteiger partial charge on any atom is -0.396 e. The largest absolute Gasteiger partial charge is 0.396 e. The Kier molecular flexibility index (Phi) is 5.73. The van der Waals surface area contributed by atoms with E-state index in [0.29, 0.717) is 12.6 Å². The molecule has 1 aliphatic carbocycles. The van der Waals surface area contributed by atoms with Crippen LogP contribution in [0.3, 0.4) is 0 Å². The zero-order chi connectivity index (χ0) is 12.0. The van der Waals surface area contributed by atoms with Crippen molar-refractivity contribution < 1.29 is 9.84 Å². The van der Waals surface area contributed by atoms with Crippen LogP contribution in [-0.2, 0) is 4.74 Å². The Bertz CT molecular complexity index is 182. The summed E-state index contributed by atoms with van der Waals surface area (Å²) in [6.07, 6.45) is 5.91. The van der Waals surface area contributed by atoms with Crippen LogP contribution in [0, 0.1) is 5.92 Å². The van der Waals surface area contributed by atoms with E-state index in [1.54, 1.807) is 7.11 Å². The second-order valence-corrected chi connectivity index (χ2v) is 5.57. The van der Waals surface area contributed by atoms with Gasteiger partial charge < -0.3 is 15.2 Å². The molecule has 0 aromatic heterocycles. The Balaban J connectivity index is 2.41. The first-order valence-electron chi connectivity index (χ1n) is 6.47. The zero-order valence-corrected chi connectivity index (χ0v) is 11.0. The highest BCUT2D eigenvalue weighted by molar-refractivity contribution is 4.88. The molecule has 1 unspecified atom stereocenters. The van der Waals surface area contributed by atoms with E-state index in [0.717, 1.165) is 12.3 Å². The van der Waals surface area contributed by atoms with Gasteiger partial charge in [-0.1, -0.05) is 6.92 Å². The fraction of sp³-hybridized carbons (Fsp3) is 1.00. The van der Waals surface area contributed by atoms with Gasteiger partial charge in [0.25, 0.3) is 0 Å². The number of hydrogen-bond acceptors (Lipinski definition) is 3. The van der Waals surface area contributed by atoms with Crippen LogP contribution in [0.2, 0.25) is 0 Å². The first kappa shape index (κ1) is 13.9. The smallest absolute Gasteiger partial charge is 0.0642 e. The van der Waals surface area contributed by atoms with Gasteiger partial charge in [0, 0.05) is 25.3 Å². The van der Waals surface area contributed by atoms with Crippen molar-refractivity contribution in [3.05, 3.63) is 0 Å². The number of methoxy groups -OCH3 is 1. The summed E-state index contributed by atoms with van der Waals surface area (Å²) in [4.78, 5) is 0. The third-order valence-corrected chi connectivity index (χ3v) is 3.69. The average Bonchev–Trinajstić information content (AvgIpc) is 2.22. The fourth-order valence-corrected chi connectivity index (χ4v) is 2.65. The van der Waals surface area contributed by atoms with E-state index in [1.807, 2.05) is 0 Å². The van der Waals surface area contributed by atoms with Crippen molar-refractivity contribution in [2.24, 2.45) is 5.92 Å². The lowest BCUT2D eigenvalue weighted by atomic mass is 9.85. The predicted octanol–water partition coefficient (Wildman–Crippen LogP) is 1.94. The number of aliphatic hydroxyl groups excluding tert-OH is 1. The van der Waals surface area contributed by atoms with Crippen LogP contribution in [-0.4, -0.2) is 37.0 Å². The Morgan fingerprint density at radius 1 is 1.31 bits per heavy atom. The van der Waals surface area contributed by atoms with Crippen LogP contribution in [0.4, 0.5) is 0 Å². The lowest BCUT2D eigenvalue weighted by Gasteiger charge is -2.37. The van der Waals surface area contributed by atoms with Gasteiger partial charge in [-0.15, -0.1) is 0 Å². The molecule has 0 aromatic carbocycles. The van der Waals surface area contributed by atoms with Crippen LogP contribution in [0.1, 0.15) is 46.0 Å². The molecule has 16 heavy (non-hydrogen) atoms. The predicted molar refractivity (Wildman–Crippen MR) is 66.5 cm³/mol. The minimum atomic E-state index is -0.0747. The maximum atomic E-state index is 9.10. The van der Waals surface area contributed by atoms with E-state index >= 15 is 0 Å². The second kappa shape index (κ2) is 6.58. The summed E-state index contributed by atoms with van der Waals surface area (Å²) in [5.41, 5.74) is -0.0747. The molecule has 1 atom stereocenters. The number of nitrogens with one attached hydrogen (secondary N) is 1. The standard InChI is InChI=1S/C13H27NO2/c1-11-4-6-12(7-5-11)14-13(2,8-9-15)10-16-3/h11-12,14-15H,4-10H2,1-3H3. The van der Waals surface area contributed by atoms with E-state index < -0.39 is 0 Å². The van der Waals surface area contributed by atoms with Crippen LogP contribution >= 0.6 is 0 Å². The summed E-state index contributed by atoms with van der Waals surface area (Å²) in [5.74, 6) is 0.879. The lowest BCUT2D eigenvalue weighted by Crippen LogP contribution is -2.52. The van der Waals surface area contributed by atoms with E-state index in [-0.39, 0.29) is 12.1 Å². The molecule has 2 N–H and O–H groups in total. The molecule has 0 aliphatic heterocycles. The molecule has 1 aliphatic rings. The molecule has 3 heteroatoms. The molecule has 1 saturated carbocycles. The molecule has 0 saturated heterocycles. The second-order valence-electron chi connectivity index (χ2n) is 5.57. The summed E-state index contributed by atoms with van der Waals surface area (Å²) in [6.45, 7) is 5.36. The summed E-state index contributed by atoms with van der Waals surface area (Å²) in [6, 6.07) is 0.600. The summed E-state index contributed by atoms with van der Waals surface area (Å²) < 4.78 is 5.25. The third kappa shape index (κ3) is 4.40. The van der Waals surface area contributed by atoms with Gasteiger partial charge >= 0.3 is 0 Å². The van der Waals surface area contributed by atoms with E-state index in [1.165, 1.54) is 25.7 Å². The minimum absolute atomic E-state index is 0.0747. The van der Waals surface area contributed by atoms with Gasteiger partial charge in [-0.2, -0.15) is 0 Å². The molecule has 0 amide bonds. The van der Waals surface area contributed by atoms with Crippen molar-refractivity contribution in [1.82, 2.24) is 5.32 Å². The van der Waals surface area contributed by atoms with E-state index in [4.69, 9.17) is 9.84 Å². The summed E-state index contributed by atoms with van der Waals surface area (Å²) in [5, 5.41) is 12.8. The van der Waals surface area contributed by atoms with Crippen molar-refractivity contribution in [3.63, 3.8) is 0 Å². The van der Waals surface area contributed by atoms with Crippen molar-refractivity contribution in [2.75, 3.05) is 20.3 Å². The molecule has 0 bridgehead atoms. The van der Waals surface area contributed by atoms with Gasteiger partial charge in [0.15, 0.2) is 0 Å². The van der Waals surface area contributed by atoms with Gasteiger partial charge in [-0.3, -0.25) is 0 Å². The molecule has 96 valence electrons. The van der Waals surface area contributed by atoms with E-state index in [2.05, 4.69) is 19.2 Å². The number of hydrogen-bond donors (Lipinski definition) is 2. The normalized spacial score (nSPS) is 30.0. The maximum absolute atomic E-state index is 9.10. The number of ether oxygens (including phenoxy) is 1. The topological polar surface area (TPSA) is 41.5 Å². The molecule has 1 fully saturated rings. The maximum Gasteiger partial charge on any atom is 0.0642 e. The Morgan fingerprint density at radius 2 is 1.94 bits per heavy atom. The van der Waals surface area contributed by atoms with E-state index in [9.17, 15) is 0 Å². The summed E-state index contributed by atoms with van der Waals surface area (Å²) >= 11 is 0. The Morgan fingerprint density at radius 3 is 2.44 bits per heavy atom. The van der Waals surface area contributed by atoms with Gasteiger partial charge in [-0.25, -0.2) is 0 Å².